The Kier molecular flexibility index (Phi) is 7.39. The highest BCUT2D eigenvalue weighted by molar-refractivity contribution is 5.97. The molecule has 3 aromatic carbocycles. The van der Waals surface area contributed by atoms with E-state index >= 15 is 4.39 Å². The Morgan fingerprint density at radius 3 is 2.03 bits per heavy atom. The first-order valence-corrected chi connectivity index (χ1v) is 11.5. The zero-order chi connectivity index (χ0) is 25.7. The summed E-state index contributed by atoms with van der Waals surface area (Å²) in [5.41, 5.74) is 4.54. The van der Waals surface area contributed by atoms with Crippen molar-refractivity contribution in [2.24, 2.45) is 0 Å². The van der Waals surface area contributed by atoms with Crippen molar-refractivity contribution in [3.8, 4) is 11.1 Å². The highest BCUT2D eigenvalue weighted by atomic mass is 19.1. The molecular formula is C29H26FN3O3. The molecular weight excluding hydrogens is 457 g/mol. The SMILES string of the molecule is Cc1nccc(-c2ccc(NC(=O)C(NC(=O)O)C(c3ccccc3)c3ccccc3)cc2F)c1C. The van der Waals surface area contributed by atoms with Crippen molar-refractivity contribution in [3.05, 3.63) is 119 Å². The van der Waals surface area contributed by atoms with Gasteiger partial charge in [-0.05, 0) is 60.4 Å². The Labute approximate surface area is 208 Å². The summed E-state index contributed by atoms with van der Waals surface area (Å²) in [6, 6.07) is 23.4. The second-order valence-corrected chi connectivity index (χ2v) is 8.48. The van der Waals surface area contributed by atoms with E-state index in [0.29, 0.717) is 5.56 Å². The number of aromatic nitrogens is 1. The van der Waals surface area contributed by atoms with Crippen molar-refractivity contribution >= 4 is 17.7 Å². The van der Waals surface area contributed by atoms with Gasteiger partial charge in [-0.1, -0.05) is 60.7 Å². The normalized spacial score (nSPS) is 11.7. The van der Waals surface area contributed by atoms with Crippen molar-refractivity contribution in [3.63, 3.8) is 0 Å². The fourth-order valence-electron chi connectivity index (χ4n) is 4.29. The van der Waals surface area contributed by atoms with Gasteiger partial charge in [-0.3, -0.25) is 9.78 Å². The molecule has 4 aromatic rings. The van der Waals surface area contributed by atoms with Crippen LogP contribution >= 0.6 is 0 Å². The Balaban J connectivity index is 1.67. The number of benzene rings is 3. The fraction of sp³-hybridized carbons (Fsp3) is 0.138. The van der Waals surface area contributed by atoms with Gasteiger partial charge in [0.25, 0.3) is 0 Å². The highest BCUT2D eigenvalue weighted by Crippen LogP contribution is 2.31. The summed E-state index contributed by atoms with van der Waals surface area (Å²) >= 11 is 0. The maximum atomic E-state index is 15.1. The maximum Gasteiger partial charge on any atom is 0.405 e. The molecule has 0 spiro atoms. The number of aryl methyl sites for hydroxylation is 1. The quantitative estimate of drug-likeness (QED) is 0.305. The Morgan fingerprint density at radius 2 is 1.47 bits per heavy atom. The van der Waals surface area contributed by atoms with E-state index in [1.165, 1.54) is 6.07 Å². The van der Waals surface area contributed by atoms with Crippen LogP contribution in [0, 0.1) is 19.7 Å². The predicted molar refractivity (Wildman–Crippen MR) is 137 cm³/mol. The van der Waals surface area contributed by atoms with Gasteiger partial charge in [-0.25, -0.2) is 9.18 Å². The van der Waals surface area contributed by atoms with Crippen LogP contribution in [0.25, 0.3) is 11.1 Å². The van der Waals surface area contributed by atoms with Gasteiger partial charge in [0.15, 0.2) is 0 Å². The van der Waals surface area contributed by atoms with Crippen molar-refractivity contribution in [1.82, 2.24) is 10.3 Å². The average molecular weight is 484 g/mol. The number of hydrogen-bond donors (Lipinski definition) is 3. The monoisotopic (exact) mass is 483 g/mol. The average Bonchev–Trinajstić information content (AvgIpc) is 2.87. The molecule has 1 heterocycles. The number of nitrogens with zero attached hydrogens (tertiary/aromatic N) is 1. The molecule has 0 aliphatic rings. The first-order valence-electron chi connectivity index (χ1n) is 11.5. The Hall–Kier alpha value is -4.52. The smallest absolute Gasteiger partial charge is 0.405 e. The third kappa shape index (κ3) is 5.41. The second kappa shape index (κ2) is 10.8. The van der Waals surface area contributed by atoms with Crippen LogP contribution in [0.5, 0.6) is 0 Å². The molecule has 6 nitrogen and oxygen atoms in total. The van der Waals surface area contributed by atoms with Crippen LogP contribution < -0.4 is 10.6 Å². The summed E-state index contributed by atoms with van der Waals surface area (Å²) in [7, 11) is 0. The standard InChI is InChI=1S/C29H26FN3O3/c1-18-19(2)31-16-15-23(18)24-14-13-22(17-25(24)30)32-28(34)27(33-29(35)36)26(20-9-5-3-6-10-20)21-11-7-4-8-12-21/h3-17,26-27,33H,1-2H3,(H,32,34)(H,35,36). The van der Waals surface area contributed by atoms with E-state index in [2.05, 4.69) is 15.6 Å². The number of pyridine rings is 1. The van der Waals surface area contributed by atoms with Gasteiger partial charge in [-0.15, -0.1) is 0 Å². The van der Waals surface area contributed by atoms with Crippen LogP contribution in [0.3, 0.4) is 0 Å². The summed E-state index contributed by atoms with van der Waals surface area (Å²) in [6.45, 7) is 3.74. The van der Waals surface area contributed by atoms with Crippen molar-refractivity contribution in [2.45, 2.75) is 25.8 Å². The Morgan fingerprint density at radius 1 is 0.861 bits per heavy atom. The Bertz CT molecular complexity index is 1340. The van der Waals surface area contributed by atoms with Gasteiger partial charge in [0.2, 0.25) is 5.91 Å². The lowest BCUT2D eigenvalue weighted by Crippen LogP contribution is -2.47. The minimum Gasteiger partial charge on any atom is -0.465 e. The number of anilines is 1. The van der Waals surface area contributed by atoms with Gasteiger partial charge in [0.1, 0.15) is 11.9 Å². The molecule has 36 heavy (non-hydrogen) atoms. The molecule has 0 saturated heterocycles. The van der Waals surface area contributed by atoms with Gasteiger partial charge in [0.05, 0.1) is 0 Å². The number of nitrogens with one attached hydrogen (secondary N) is 2. The predicted octanol–water partition coefficient (Wildman–Crippen LogP) is 5.91. The third-order valence-corrected chi connectivity index (χ3v) is 6.20. The molecule has 4 rings (SSSR count). The zero-order valence-electron chi connectivity index (χ0n) is 19.9. The van der Waals surface area contributed by atoms with Crippen LogP contribution in [0.2, 0.25) is 0 Å². The van der Waals surface area contributed by atoms with E-state index < -0.39 is 29.8 Å². The van der Waals surface area contributed by atoms with Gasteiger partial charge < -0.3 is 15.7 Å². The van der Waals surface area contributed by atoms with E-state index in [1.807, 2.05) is 74.5 Å². The molecule has 0 bridgehead atoms. The van der Waals surface area contributed by atoms with Gasteiger partial charge in [-0.2, -0.15) is 0 Å². The van der Waals surface area contributed by atoms with E-state index in [0.717, 1.165) is 27.9 Å². The number of carbonyl (C=O) groups is 2. The molecule has 1 atom stereocenters. The van der Waals surface area contributed by atoms with E-state index in [-0.39, 0.29) is 5.69 Å². The summed E-state index contributed by atoms with van der Waals surface area (Å²) in [5, 5.41) is 14.6. The summed E-state index contributed by atoms with van der Waals surface area (Å²) in [5.74, 6) is -1.71. The third-order valence-electron chi connectivity index (χ3n) is 6.20. The van der Waals surface area contributed by atoms with E-state index in [1.54, 1.807) is 24.4 Å². The molecule has 0 saturated carbocycles. The number of hydrogen-bond acceptors (Lipinski definition) is 3. The first kappa shape index (κ1) is 24.6. The first-order chi connectivity index (χ1) is 17.3. The van der Waals surface area contributed by atoms with Crippen LogP contribution in [0.4, 0.5) is 14.9 Å². The lowest BCUT2D eigenvalue weighted by molar-refractivity contribution is -0.118. The minimum absolute atomic E-state index is 0.224. The van der Waals surface area contributed by atoms with E-state index in [9.17, 15) is 14.7 Å². The largest absolute Gasteiger partial charge is 0.465 e. The molecule has 0 fully saturated rings. The molecule has 0 aliphatic heterocycles. The molecule has 0 radical (unpaired) electrons. The van der Waals surface area contributed by atoms with Gasteiger partial charge in [0, 0.05) is 29.1 Å². The highest BCUT2D eigenvalue weighted by Gasteiger charge is 2.32. The summed E-state index contributed by atoms with van der Waals surface area (Å²) in [4.78, 5) is 29.4. The van der Waals surface area contributed by atoms with Crippen LogP contribution in [-0.4, -0.2) is 28.1 Å². The number of amides is 2. The molecule has 7 heteroatoms. The van der Waals surface area contributed by atoms with Crippen LogP contribution in [-0.2, 0) is 4.79 Å². The molecule has 1 aromatic heterocycles. The van der Waals surface area contributed by atoms with Crippen LogP contribution in [0.15, 0.2) is 91.1 Å². The lowest BCUT2D eigenvalue weighted by Gasteiger charge is -2.27. The van der Waals surface area contributed by atoms with Crippen molar-refractivity contribution in [2.75, 3.05) is 5.32 Å². The molecule has 1 unspecified atom stereocenters. The van der Waals surface area contributed by atoms with Crippen LogP contribution in [0.1, 0.15) is 28.3 Å². The molecule has 2 amide bonds. The number of rotatable bonds is 7. The topological polar surface area (TPSA) is 91.3 Å². The van der Waals surface area contributed by atoms with E-state index in [4.69, 9.17) is 0 Å². The number of halogens is 1. The number of carboxylic acid groups (broad SMARTS) is 1. The number of carbonyl (C=O) groups excluding carboxylic acids is 1. The summed E-state index contributed by atoms with van der Waals surface area (Å²) in [6.07, 6.45) is 0.291. The molecule has 182 valence electrons. The maximum absolute atomic E-state index is 15.1. The van der Waals surface area contributed by atoms with Crippen molar-refractivity contribution in [1.29, 1.82) is 0 Å². The van der Waals surface area contributed by atoms with Gasteiger partial charge >= 0.3 is 6.09 Å². The zero-order valence-corrected chi connectivity index (χ0v) is 19.9. The van der Waals surface area contributed by atoms with Crippen molar-refractivity contribution < 1.29 is 19.1 Å². The fourth-order valence-corrected chi connectivity index (χ4v) is 4.29. The molecule has 0 aliphatic carbocycles. The minimum atomic E-state index is -1.34. The molecule has 3 N–H and O–H groups in total. The summed E-state index contributed by atoms with van der Waals surface area (Å²) < 4.78 is 15.1. The lowest BCUT2D eigenvalue weighted by atomic mass is 9.84. The second-order valence-electron chi connectivity index (χ2n) is 8.48.